The first-order chi connectivity index (χ1) is 12.0. The fourth-order valence-electron chi connectivity index (χ4n) is 2.56. The highest BCUT2D eigenvalue weighted by molar-refractivity contribution is 6.05. The lowest BCUT2D eigenvalue weighted by molar-refractivity contribution is 0.0523. The molecule has 0 bridgehead atoms. The van der Waals surface area contributed by atoms with Crippen molar-refractivity contribution in [1.82, 2.24) is 4.98 Å². The van der Waals surface area contributed by atoms with Gasteiger partial charge in [0.05, 0.1) is 19.3 Å². The molecule has 0 aliphatic rings. The van der Waals surface area contributed by atoms with Gasteiger partial charge >= 0.3 is 0 Å². The predicted molar refractivity (Wildman–Crippen MR) is 92.7 cm³/mol. The molecule has 1 aromatic carbocycles. The topological polar surface area (TPSA) is 115 Å². The zero-order valence-corrected chi connectivity index (χ0v) is 14.2. The van der Waals surface area contributed by atoms with Crippen LogP contribution >= 0.6 is 0 Å². The molecule has 0 saturated heterocycles. The zero-order valence-electron chi connectivity index (χ0n) is 14.2. The number of hydrogen-bond donors (Lipinski definition) is 3. The quantitative estimate of drug-likeness (QED) is 0.614. The summed E-state index contributed by atoms with van der Waals surface area (Å²) in [7, 11) is 1.46. The van der Waals surface area contributed by atoms with Gasteiger partial charge in [-0.15, -0.1) is 0 Å². The number of carbonyl (C=O) groups is 1. The Morgan fingerprint density at radius 3 is 2.72 bits per heavy atom. The molecular weight excluding hydrogens is 324 g/mol. The largest absolute Gasteiger partial charge is 0.493 e. The van der Waals surface area contributed by atoms with E-state index in [2.05, 4.69) is 4.98 Å². The van der Waals surface area contributed by atoms with E-state index in [0.717, 1.165) is 5.56 Å². The van der Waals surface area contributed by atoms with E-state index in [1.54, 1.807) is 24.5 Å². The van der Waals surface area contributed by atoms with Gasteiger partial charge in [0.25, 0.3) is 0 Å². The van der Waals surface area contributed by atoms with Crippen LogP contribution in [0.4, 0.5) is 0 Å². The number of rotatable bonds is 8. The Bertz CT molecular complexity index is 734. The van der Waals surface area contributed by atoms with Crippen molar-refractivity contribution in [3.8, 4) is 22.6 Å². The van der Waals surface area contributed by atoms with Crippen molar-refractivity contribution in [2.45, 2.75) is 19.6 Å². The van der Waals surface area contributed by atoms with Crippen molar-refractivity contribution in [2.24, 2.45) is 5.73 Å². The minimum absolute atomic E-state index is 0.179. The maximum absolute atomic E-state index is 12.4. The average molecular weight is 346 g/mol. The Morgan fingerprint density at radius 1 is 1.44 bits per heavy atom. The van der Waals surface area contributed by atoms with Gasteiger partial charge in [0.15, 0.2) is 17.3 Å². The molecule has 0 amide bonds. The summed E-state index contributed by atoms with van der Waals surface area (Å²) in [4.78, 5) is 16.5. The second-order valence-corrected chi connectivity index (χ2v) is 5.47. The second-order valence-electron chi connectivity index (χ2n) is 5.47. The first-order valence-corrected chi connectivity index (χ1v) is 7.80. The van der Waals surface area contributed by atoms with E-state index in [0.29, 0.717) is 22.4 Å². The standard InChI is InChI=1S/C18H22N2O5/c1-11(22)16-17(12-4-3-5-20-8-12)13(7-19)6-15(24-2)18(16)25-10-14(23)9-21/h3-6,8,14,21,23H,7,9-10,19H2,1-2H3. The SMILES string of the molecule is COc1cc(CN)c(-c2cccnc2)c(C(C)=O)c1OCC(O)CO. The van der Waals surface area contributed by atoms with Gasteiger partial charge < -0.3 is 25.4 Å². The number of aliphatic hydroxyl groups is 2. The Balaban J connectivity index is 2.70. The first kappa shape index (κ1) is 18.9. The molecule has 0 aliphatic heterocycles. The minimum atomic E-state index is -1.07. The van der Waals surface area contributed by atoms with Crippen LogP contribution in [0, 0.1) is 0 Å². The van der Waals surface area contributed by atoms with Gasteiger partial charge in [-0.25, -0.2) is 0 Å². The Morgan fingerprint density at radius 2 is 2.20 bits per heavy atom. The van der Waals surface area contributed by atoms with Crippen molar-refractivity contribution in [3.05, 3.63) is 41.7 Å². The van der Waals surface area contributed by atoms with E-state index in [1.807, 2.05) is 6.07 Å². The molecular formula is C18H22N2O5. The summed E-state index contributed by atoms with van der Waals surface area (Å²) < 4.78 is 11.0. The Kier molecular flexibility index (Phi) is 6.46. The maximum Gasteiger partial charge on any atom is 0.172 e. The number of aliphatic hydroxyl groups excluding tert-OH is 2. The lowest BCUT2D eigenvalue weighted by Crippen LogP contribution is -2.22. The molecule has 4 N–H and O–H groups in total. The molecule has 134 valence electrons. The number of carbonyl (C=O) groups excluding carboxylic acids is 1. The summed E-state index contributed by atoms with van der Waals surface area (Å²) in [5.74, 6) is 0.308. The van der Waals surface area contributed by atoms with Crippen molar-refractivity contribution in [3.63, 3.8) is 0 Å². The number of nitrogens with zero attached hydrogens (tertiary/aromatic N) is 1. The molecule has 0 fully saturated rings. The minimum Gasteiger partial charge on any atom is -0.493 e. The Hall–Kier alpha value is -2.48. The average Bonchev–Trinajstić information content (AvgIpc) is 2.65. The molecule has 0 spiro atoms. The fraction of sp³-hybridized carbons (Fsp3) is 0.333. The smallest absolute Gasteiger partial charge is 0.172 e. The molecule has 0 saturated carbocycles. The highest BCUT2D eigenvalue weighted by Crippen LogP contribution is 2.41. The molecule has 2 aromatic rings. The van der Waals surface area contributed by atoms with Gasteiger partial charge in [0.2, 0.25) is 0 Å². The number of pyridine rings is 1. The van der Waals surface area contributed by atoms with E-state index in [1.165, 1.54) is 14.0 Å². The van der Waals surface area contributed by atoms with Gasteiger partial charge in [0, 0.05) is 30.1 Å². The molecule has 1 aromatic heterocycles. The number of Topliss-reactive ketones (excluding diaryl/α,β-unsaturated/α-hetero) is 1. The fourth-order valence-corrected chi connectivity index (χ4v) is 2.56. The number of nitrogens with two attached hydrogens (primary N) is 1. The van der Waals surface area contributed by atoms with Gasteiger partial charge in [-0.1, -0.05) is 6.07 Å². The van der Waals surface area contributed by atoms with Crippen LogP contribution in [0.5, 0.6) is 11.5 Å². The lowest BCUT2D eigenvalue weighted by atomic mass is 9.92. The molecule has 1 unspecified atom stereocenters. The second kappa shape index (κ2) is 8.57. The van der Waals surface area contributed by atoms with Crippen LogP contribution in [-0.2, 0) is 6.54 Å². The van der Waals surface area contributed by atoms with Crippen molar-refractivity contribution < 1.29 is 24.5 Å². The van der Waals surface area contributed by atoms with E-state index in [9.17, 15) is 9.90 Å². The number of ketones is 1. The Labute approximate surface area is 146 Å². The number of ether oxygens (including phenoxy) is 2. The summed E-state index contributed by atoms with van der Waals surface area (Å²) in [6, 6.07) is 5.29. The predicted octanol–water partition coefficient (Wildman–Crippen LogP) is 1.15. The van der Waals surface area contributed by atoms with Crippen LogP contribution in [-0.4, -0.2) is 47.4 Å². The maximum atomic E-state index is 12.4. The first-order valence-electron chi connectivity index (χ1n) is 7.80. The van der Waals surface area contributed by atoms with Gasteiger partial charge in [-0.3, -0.25) is 9.78 Å². The van der Waals surface area contributed by atoms with Crippen LogP contribution in [0.2, 0.25) is 0 Å². The highest BCUT2D eigenvalue weighted by atomic mass is 16.5. The number of aromatic nitrogens is 1. The zero-order chi connectivity index (χ0) is 18.4. The van der Waals surface area contributed by atoms with Crippen molar-refractivity contribution >= 4 is 5.78 Å². The molecule has 2 rings (SSSR count). The monoisotopic (exact) mass is 346 g/mol. The molecule has 0 aliphatic carbocycles. The summed E-state index contributed by atoms with van der Waals surface area (Å²) in [6.45, 7) is 0.986. The third-order valence-corrected chi connectivity index (χ3v) is 3.70. The summed E-state index contributed by atoms with van der Waals surface area (Å²) in [5, 5.41) is 18.5. The molecule has 1 atom stereocenters. The van der Waals surface area contributed by atoms with Gasteiger partial charge in [0.1, 0.15) is 12.7 Å². The lowest BCUT2D eigenvalue weighted by Gasteiger charge is -2.21. The third kappa shape index (κ3) is 4.14. The molecule has 7 nitrogen and oxygen atoms in total. The van der Waals surface area contributed by atoms with Crippen LogP contribution in [0.25, 0.3) is 11.1 Å². The van der Waals surface area contributed by atoms with Gasteiger partial charge in [-0.05, 0) is 24.6 Å². The normalized spacial score (nSPS) is 11.9. The third-order valence-electron chi connectivity index (χ3n) is 3.70. The molecule has 25 heavy (non-hydrogen) atoms. The van der Waals surface area contributed by atoms with E-state index in [4.69, 9.17) is 20.3 Å². The van der Waals surface area contributed by atoms with Gasteiger partial charge in [-0.2, -0.15) is 0 Å². The number of benzene rings is 1. The molecule has 1 heterocycles. The van der Waals surface area contributed by atoms with E-state index >= 15 is 0 Å². The number of hydrogen-bond acceptors (Lipinski definition) is 7. The van der Waals surface area contributed by atoms with E-state index < -0.39 is 12.7 Å². The summed E-state index contributed by atoms with van der Waals surface area (Å²) in [5.41, 5.74) is 8.24. The molecule has 0 radical (unpaired) electrons. The number of methoxy groups -OCH3 is 1. The van der Waals surface area contributed by atoms with Crippen LogP contribution in [0.15, 0.2) is 30.6 Å². The van der Waals surface area contributed by atoms with Crippen LogP contribution < -0.4 is 15.2 Å². The van der Waals surface area contributed by atoms with Crippen molar-refractivity contribution in [2.75, 3.05) is 20.3 Å². The van der Waals surface area contributed by atoms with E-state index in [-0.39, 0.29) is 24.7 Å². The van der Waals surface area contributed by atoms with Crippen LogP contribution in [0.3, 0.4) is 0 Å². The van der Waals surface area contributed by atoms with Crippen LogP contribution in [0.1, 0.15) is 22.8 Å². The molecule has 7 heteroatoms. The summed E-state index contributed by atoms with van der Waals surface area (Å²) >= 11 is 0. The van der Waals surface area contributed by atoms with Crippen molar-refractivity contribution in [1.29, 1.82) is 0 Å². The highest BCUT2D eigenvalue weighted by Gasteiger charge is 2.24. The summed E-state index contributed by atoms with van der Waals surface area (Å²) in [6.07, 6.45) is 2.21.